The molecule has 0 spiro atoms. The predicted octanol–water partition coefficient (Wildman–Crippen LogP) is 1.21. The molecule has 9 nitrogen and oxygen atoms in total. The number of esters is 1. The third kappa shape index (κ3) is 1.77. The van der Waals surface area contributed by atoms with Gasteiger partial charge in [-0.25, -0.2) is 4.79 Å². The van der Waals surface area contributed by atoms with Crippen LogP contribution >= 0.6 is 0 Å². The van der Waals surface area contributed by atoms with E-state index in [0.29, 0.717) is 0 Å². The van der Waals surface area contributed by atoms with Gasteiger partial charge in [-0.2, -0.15) is 0 Å². The summed E-state index contributed by atoms with van der Waals surface area (Å²) in [5, 5.41) is 14.0. The van der Waals surface area contributed by atoms with Gasteiger partial charge in [-0.1, -0.05) is 5.16 Å². The molecule has 0 amide bonds. The molecule has 0 aliphatic carbocycles. The molecule has 2 heterocycles. The van der Waals surface area contributed by atoms with Crippen molar-refractivity contribution in [2.75, 3.05) is 12.8 Å². The fourth-order valence-electron chi connectivity index (χ4n) is 1.32. The summed E-state index contributed by atoms with van der Waals surface area (Å²) in [6.07, 6.45) is 0. The quantitative estimate of drug-likeness (QED) is 0.489. The maximum absolute atomic E-state index is 11.5. The molecule has 0 aromatic carbocycles. The molecule has 0 unspecified atom stereocenters. The van der Waals surface area contributed by atoms with E-state index in [1.807, 2.05) is 0 Å². The van der Waals surface area contributed by atoms with Crippen LogP contribution < -0.4 is 5.73 Å². The molecule has 2 rings (SSSR count). The molecule has 2 aromatic rings. The van der Waals surface area contributed by atoms with Gasteiger partial charge in [0.1, 0.15) is 4.92 Å². The molecule has 0 atom stereocenters. The highest BCUT2D eigenvalue weighted by Crippen LogP contribution is 2.31. The van der Waals surface area contributed by atoms with Gasteiger partial charge < -0.3 is 19.4 Å². The van der Waals surface area contributed by atoms with E-state index >= 15 is 0 Å². The molecule has 0 saturated heterocycles. The Balaban J connectivity index is 2.50. The Morgan fingerprint density at radius 1 is 1.56 bits per heavy atom. The number of nitrogens with zero attached hydrogens (tertiary/aromatic N) is 2. The number of hydrogen-bond acceptors (Lipinski definition) is 8. The molecule has 2 aromatic heterocycles. The first-order valence-electron chi connectivity index (χ1n) is 4.62. The van der Waals surface area contributed by atoms with E-state index in [4.69, 9.17) is 10.2 Å². The Labute approximate surface area is 99.2 Å². The second-order valence-corrected chi connectivity index (χ2v) is 3.16. The molecule has 2 N–H and O–H groups in total. The van der Waals surface area contributed by atoms with Gasteiger partial charge in [0.2, 0.25) is 5.88 Å². The molecule has 94 valence electrons. The number of anilines is 1. The minimum absolute atomic E-state index is 0.0115. The minimum atomic E-state index is -0.775. The van der Waals surface area contributed by atoms with E-state index in [0.717, 1.165) is 13.2 Å². The third-order valence-electron chi connectivity index (χ3n) is 2.11. The number of methoxy groups -OCH3 is 1. The average molecular weight is 253 g/mol. The Kier molecular flexibility index (Phi) is 2.72. The molecular weight excluding hydrogens is 246 g/mol. The summed E-state index contributed by atoms with van der Waals surface area (Å²) < 4.78 is 14.0. The normalized spacial score (nSPS) is 10.3. The Hall–Kier alpha value is -2.84. The highest BCUT2D eigenvalue weighted by molar-refractivity contribution is 5.99. The second-order valence-electron chi connectivity index (χ2n) is 3.16. The van der Waals surface area contributed by atoms with Crippen molar-refractivity contribution < 1.29 is 23.4 Å². The molecule has 0 aliphatic heterocycles. The first-order valence-corrected chi connectivity index (χ1v) is 4.62. The lowest BCUT2D eigenvalue weighted by Gasteiger charge is -1.96. The number of rotatable bonds is 3. The lowest BCUT2D eigenvalue weighted by Crippen LogP contribution is -2.04. The van der Waals surface area contributed by atoms with Gasteiger partial charge in [0.25, 0.3) is 0 Å². The van der Waals surface area contributed by atoms with Crippen LogP contribution in [0.5, 0.6) is 0 Å². The minimum Gasteiger partial charge on any atom is -0.465 e. The average Bonchev–Trinajstić information content (AvgIpc) is 2.94. The highest BCUT2D eigenvalue weighted by Gasteiger charge is 2.26. The van der Waals surface area contributed by atoms with Crippen LogP contribution in [0.4, 0.5) is 11.8 Å². The van der Waals surface area contributed by atoms with Crippen molar-refractivity contribution in [1.29, 1.82) is 0 Å². The fourth-order valence-corrected chi connectivity index (χ4v) is 1.32. The number of ether oxygens (including phenoxy) is 1. The van der Waals surface area contributed by atoms with E-state index in [-0.39, 0.29) is 22.9 Å². The van der Waals surface area contributed by atoms with Crippen LogP contribution in [0.1, 0.15) is 10.4 Å². The topological polar surface area (TPSA) is 135 Å². The van der Waals surface area contributed by atoms with Crippen molar-refractivity contribution in [1.82, 2.24) is 5.16 Å². The molecule has 0 aliphatic rings. The van der Waals surface area contributed by atoms with E-state index in [1.54, 1.807) is 0 Å². The third-order valence-corrected chi connectivity index (χ3v) is 2.11. The van der Waals surface area contributed by atoms with Crippen molar-refractivity contribution in [3.63, 3.8) is 0 Å². The monoisotopic (exact) mass is 253 g/mol. The summed E-state index contributed by atoms with van der Waals surface area (Å²) in [6.45, 7) is 0. The van der Waals surface area contributed by atoms with Crippen molar-refractivity contribution in [2.45, 2.75) is 0 Å². The van der Waals surface area contributed by atoms with Gasteiger partial charge in [0.15, 0.2) is 17.0 Å². The van der Waals surface area contributed by atoms with Crippen LogP contribution in [0, 0.1) is 10.1 Å². The van der Waals surface area contributed by atoms with E-state index in [1.165, 1.54) is 6.07 Å². The molecule has 9 heteroatoms. The maximum atomic E-state index is 11.5. The number of hydrogen-bond donors (Lipinski definition) is 1. The summed E-state index contributed by atoms with van der Waals surface area (Å²) in [5.74, 6) is -1.52. The molecule has 0 radical (unpaired) electrons. The van der Waals surface area contributed by atoms with Crippen LogP contribution in [0.15, 0.2) is 21.1 Å². The predicted molar refractivity (Wildman–Crippen MR) is 56.6 cm³/mol. The smallest absolute Gasteiger partial charge is 0.433 e. The summed E-state index contributed by atoms with van der Waals surface area (Å²) in [4.78, 5) is 21.2. The van der Waals surface area contributed by atoms with Crippen LogP contribution in [0.2, 0.25) is 0 Å². The summed E-state index contributed by atoms with van der Waals surface area (Å²) in [6, 6.07) is 2.41. The first-order chi connectivity index (χ1) is 8.54. The van der Waals surface area contributed by atoms with Crippen molar-refractivity contribution in [3.8, 4) is 11.5 Å². The van der Waals surface area contributed by atoms with Gasteiger partial charge in [-0.3, -0.25) is 10.1 Å². The molecule has 0 bridgehead atoms. The Morgan fingerprint density at radius 2 is 2.28 bits per heavy atom. The molecular formula is C9H7N3O6. The second kappa shape index (κ2) is 4.20. The van der Waals surface area contributed by atoms with Gasteiger partial charge in [-0.05, 0) is 6.07 Å². The fraction of sp³-hybridized carbons (Fsp3) is 0.111. The van der Waals surface area contributed by atoms with Gasteiger partial charge in [0.05, 0.1) is 13.2 Å². The molecule has 0 fully saturated rings. The van der Waals surface area contributed by atoms with Crippen LogP contribution in [0.25, 0.3) is 11.5 Å². The zero-order valence-electron chi connectivity index (χ0n) is 9.08. The zero-order valence-corrected chi connectivity index (χ0v) is 9.08. The number of furan rings is 1. The van der Waals surface area contributed by atoms with Gasteiger partial charge >= 0.3 is 11.9 Å². The molecule has 0 saturated carbocycles. The first kappa shape index (κ1) is 11.6. The number of nitrogen functional groups attached to an aromatic ring is 1. The van der Waals surface area contributed by atoms with Crippen LogP contribution in [0.3, 0.4) is 0 Å². The van der Waals surface area contributed by atoms with Crippen molar-refractivity contribution in [2.24, 2.45) is 0 Å². The SMILES string of the molecule is COC(=O)c1c(-c2ccc([N+](=O)[O-])o2)noc1N. The van der Waals surface area contributed by atoms with E-state index < -0.39 is 16.8 Å². The molecule has 18 heavy (non-hydrogen) atoms. The number of nitro groups is 1. The van der Waals surface area contributed by atoms with E-state index in [9.17, 15) is 14.9 Å². The zero-order chi connectivity index (χ0) is 13.3. The standard InChI is InChI=1S/C9H7N3O6/c1-16-9(13)6-7(11-18-8(6)10)4-2-3-5(17-4)12(14)15/h2-3H,10H2,1H3. The highest BCUT2D eigenvalue weighted by atomic mass is 16.6. The number of aromatic nitrogens is 1. The van der Waals surface area contributed by atoms with Crippen LogP contribution in [-0.4, -0.2) is 23.2 Å². The van der Waals surface area contributed by atoms with Crippen molar-refractivity contribution >= 4 is 17.7 Å². The van der Waals surface area contributed by atoms with E-state index in [2.05, 4.69) is 14.4 Å². The summed E-state index contributed by atoms with van der Waals surface area (Å²) in [7, 11) is 1.16. The largest absolute Gasteiger partial charge is 0.465 e. The van der Waals surface area contributed by atoms with Crippen LogP contribution in [-0.2, 0) is 4.74 Å². The van der Waals surface area contributed by atoms with Gasteiger partial charge in [-0.15, -0.1) is 0 Å². The van der Waals surface area contributed by atoms with Crippen molar-refractivity contribution in [3.05, 3.63) is 27.8 Å². The Morgan fingerprint density at radius 3 is 2.83 bits per heavy atom. The Bertz CT molecular complexity index is 614. The lowest BCUT2D eigenvalue weighted by molar-refractivity contribution is -0.401. The van der Waals surface area contributed by atoms with Gasteiger partial charge in [0, 0.05) is 0 Å². The summed E-state index contributed by atoms with van der Waals surface area (Å²) >= 11 is 0. The number of carbonyl (C=O) groups is 1. The summed E-state index contributed by atoms with van der Waals surface area (Å²) in [5.41, 5.74) is 5.23. The number of nitrogens with two attached hydrogens (primary N) is 1. The maximum Gasteiger partial charge on any atom is 0.433 e. The number of carbonyl (C=O) groups excluding carboxylic acids is 1. The lowest BCUT2D eigenvalue weighted by atomic mass is 10.2.